The van der Waals surface area contributed by atoms with Crippen molar-refractivity contribution in [3.63, 3.8) is 0 Å². The van der Waals surface area contributed by atoms with Gasteiger partial charge < -0.3 is 15.8 Å². The van der Waals surface area contributed by atoms with E-state index in [-0.39, 0.29) is 12.1 Å². The fourth-order valence-corrected chi connectivity index (χ4v) is 2.37. The predicted molar refractivity (Wildman–Crippen MR) is 71.1 cm³/mol. The van der Waals surface area contributed by atoms with Gasteiger partial charge in [0.2, 0.25) is 0 Å². The number of nitrogens with two attached hydrogens (primary N) is 1. The molecule has 0 spiro atoms. The van der Waals surface area contributed by atoms with Crippen LogP contribution in [0, 0.1) is 6.92 Å². The molecule has 0 bridgehead atoms. The molecule has 0 saturated heterocycles. The summed E-state index contributed by atoms with van der Waals surface area (Å²) in [5.74, 6) is 6.73. The van der Waals surface area contributed by atoms with Crippen LogP contribution in [-0.2, 0) is 0 Å². The number of nitrogens with zero attached hydrogens (tertiary/aromatic N) is 2. The van der Waals surface area contributed by atoms with Gasteiger partial charge in [-0.2, -0.15) is 0 Å². The van der Waals surface area contributed by atoms with E-state index >= 15 is 0 Å². The SMILES string of the molecule is Cc1c(NN)ncnc1NC1CCCCCC1O. The maximum Gasteiger partial charge on any atom is 0.148 e. The summed E-state index contributed by atoms with van der Waals surface area (Å²) >= 11 is 0. The Bertz CT molecular complexity index is 398. The number of rotatable bonds is 3. The van der Waals surface area contributed by atoms with Gasteiger partial charge in [-0.15, -0.1) is 0 Å². The molecular weight excluding hydrogens is 230 g/mol. The lowest BCUT2D eigenvalue weighted by Gasteiger charge is -2.23. The van der Waals surface area contributed by atoms with Crippen LogP contribution in [0.4, 0.5) is 11.6 Å². The van der Waals surface area contributed by atoms with Crippen molar-refractivity contribution in [2.24, 2.45) is 5.84 Å². The predicted octanol–water partition coefficient (Wildman–Crippen LogP) is 1.18. The van der Waals surface area contributed by atoms with Crippen LogP contribution < -0.4 is 16.6 Å². The molecule has 1 saturated carbocycles. The zero-order valence-electron chi connectivity index (χ0n) is 10.7. The topological polar surface area (TPSA) is 96.1 Å². The van der Waals surface area contributed by atoms with Crippen LogP contribution in [0.15, 0.2) is 6.33 Å². The first-order valence-electron chi connectivity index (χ1n) is 6.45. The van der Waals surface area contributed by atoms with Crippen LogP contribution in [0.25, 0.3) is 0 Å². The van der Waals surface area contributed by atoms with Gasteiger partial charge in [0, 0.05) is 5.56 Å². The van der Waals surface area contributed by atoms with Gasteiger partial charge in [-0.25, -0.2) is 15.8 Å². The Kier molecular flexibility index (Phi) is 4.33. The minimum atomic E-state index is -0.309. The maximum absolute atomic E-state index is 10.1. The molecule has 18 heavy (non-hydrogen) atoms. The number of anilines is 2. The number of nitrogen functional groups attached to an aromatic ring is 1. The average molecular weight is 251 g/mol. The van der Waals surface area contributed by atoms with Crippen molar-refractivity contribution in [3.8, 4) is 0 Å². The normalized spacial score (nSPS) is 24.4. The minimum Gasteiger partial charge on any atom is -0.391 e. The standard InChI is InChI=1S/C12H21N5O/c1-8-11(14-7-15-12(8)17-13)16-9-5-3-2-4-6-10(9)18/h7,9-10,18H,2-6,13H2,1H3,(H2,14,15,16,17). The number of hydrazine groups is 1. The number of aliphatic hydroxyl groups is 1. The summed E-state index contributed by atoms with van der Waals surface area (Å²) < 4.78 is 0. The largest absolute Gasteiger partial charge is 0.391 e. The van der Waals surface area contributed by atoms with E-state index in [9.17, 15) is 5.11 Å². The number of hydrogen-bond donors (Lipinski definition) is 4. The van der Waals surface area contributed by atoms with Gasteiger partial charge in [-0.1, -0.05) is 19.3 Å². The second-order valence-electron chi connectivity index (χ2n) is 4.80. The first kappa shape index (κ1) is 13.0. The van der Waals surface area contributed by atoms with E-state index in [0.717, 1.165) is 37.1 Å². The monoisotopic (exact) mass is 251 g/mol. The van der Waals surface area contributed by atoms with Gasteiger partial charge >= 0.3 is 0 Å². The zero-order valence-corrected chi connectivity index (χ0v) is 10.7. The van der Waals surface area contributed by atoms with E-state index in [2.05, 4.69) is 20.7 Å². The van der Waals surface area contributed by atoms with Gasteiger partial charge in [-0.3, -0.25) is 0 Å². The van der Waals surface area contributed by atoms with E-state index in [0.29, 0.717) is 5.82 Å². The highest BCUT2D eigenvalue weighted by molar-refractivity contribution is 5.56. The van der Waals surface area contributed by atoms with Crippen LogP contribution in [0.1, 0.15) is 37.7 Å². The Morgan fingerprint density at radius 3 is 2.72 bits per heavy atom. The van der Waals surface area contributed by atoms with Crippen LogP contribution in [0.5, 0.6) is 0 Å². The molecule has 0 aromatic carbocycles. The van der Waals surface area contributed by atoms with Crippen LogP contribution in [0.3, 0.4) is 0 Å². The van der Waals surface area contributed by atoms with E-state index in [1.165, 1.54) is 12.7 Å². The first-order chi connectivity index (χ1) is 8.72. The quantitative estimate of drug-likeness (QED) is 0.366. The second-order valence-corrected chi connectivity index (χ2v) is 4.80. The van der Waals surface area contributed by atoms with Crippen molar-refractivity contribution < 1.29 is 5.11 Å². The highest BCUT2D eigenvalue weighted by Gasteiger charge is 2.22. The van der Waals surface area contributed by atoms with E-state index in [1.54, 1.807) is 0 Å². The third-order valence-corrected chi connectivity index (χ3v) is 3.52. The van der Waals surface area contributed by atoms with Crippen molar-refractivity contribution in [2.45, 2.75) is 51.2 Å². The molecular formula is C12H21N5O. The molecule has 1 aliphatic rings. The van der Waals surface area contributed by atoms with Crippen LogP contribution in [0.2, 0.25) is 0 Å². The smallest absolute Gasteiger partial charge is 0.148 e. The highest BCUT2D eigenvalue weighted by atomic mass is 16.3. The van der Waals surface area contributed by atoms with Crippen LogP contribution >= 0.6 is 0 Å². The summed E-state index contributed by atoms with van der Waals surface area (Å²) in [7, 11) is 0. The number of nitrogens with one attached hydrogen (secondary N) is 2. The molecule has 100 valence electrons. The van der Waals surface area contributed by atoms with Gasteiger partial charge in [0.15, 0.2) is 0 Å². The number of aliphatic hydroxyl groups excluding tert-OH is 1. The summed E-state index contributed by atoms with van der Waals surface area (Å²) in [4.78, 5) is 8.26. The Hall–Kier alpha value is -1.40. The highest BCUT2D eigenvalue weighted by Crippen LogP contribution is 2.24. The first-order valence-corrected chi connectivity index (χ1v) is 6.45. The van der Waals surface area contributed by atoms with Gasteiger partial charge in [-0.05, 0) is 19.8 Å². The molecule has 1 fully saturated rings. The fraction of sp³-hybridized carbons (Fsp3) is 0.667. The molecule has 1 heterocycles. The number of aromatic nitrogens is 2. The minimum absolute atomic E-state index is 0.0618. The van der Waals surface area contributed by atoms with Crippen molar-refractivity contribution in [2.75, 3.05) is 10.7 Å². The Balaban J connectivity index is 2.12. The van der Waals surface area contributed by atoms with Crippen molar-refractivity contribution >= 4 is 11.6 Å². The molecule has 2 unspecified atom stereocenters. The van der Waals surface area contributed by atoms with E-state index in [4.69, 9.17) is 5.84 Å². The van der Waals surface area contributed by atoms with Crippen molar-refractivity contribution in [1.82, 2.24) is 9.97 Å². The molecule has 0 amide bonds. The van der Waals surface area contributed by atoms with Crippen LogP contribution in [-0.4, -0.2) is 27.2 Å². The van der Waals surface area contributed by atoms with E-state index in [1.807, 2.05) is 6.92 Å². The summed E-state index contributed by atoms with van der Waals surface area (Å²) in [5.41, 5.74) is 3.41. The maximum atomic E-state index is 10.1. The van der Waals surface area contributed by atoms with E-state index < -0.39 is 0 Å². The molecule has 1 aromatic rings. The molecule has 6 heteroatoms. The summed E-state index contributed by atoms with van der Waals surface area (Å²) in [5, 5.41) is 13.4. The lowest BCUT2D eigenvalue weighted by atomic mass is 10.1. The molecule has 2 rings (SSSR count). The van der Waals surface area contributed by atoms with Crippen molar-refractivity contribution in [3.05, 3.63) is 11.9 Å². The Labute approximate surface area is 107 Å². The summed E-state index contributed by atoms with van der Waals surface area (Å²) in [6.07, 6.45) is 6.40. The Morgan fingerprint density at radius 1 is 1.22 bits per heavy atom. The number of hydrogen-bond acceptors (Lipinski definition) is 6. The Morgan fingerprint density at radius 2 is 1.94 bits per heavy atom. The molecule has 1 aliphatic carbocycles. The molecule has 6 nitrogen and oxygen atoms in total. The summed E-state index contributed by atoms with van der Waals surface area (Å²) in [6.45, 7) is 1.90. The fourth-order valence-electron chi connectivity index (χ4n) is 2.37. The van der Waals surface area contributed by atoms with Crippen molar-refractivity contribution in [1.29, 1.82) is 0 Å². The molecule has 5 N–H and O–H groups in total. The third kappa shape index (κ3) is 2.88. The molecule has 0 aliphatic heterocycles. The average Bonchev–Trinajstić information content (AvgIpc) is 2.57. The molecule has 2 atom stereocenters. The van der Waals surface area contributed by atoms with Gasteiger partial charge in [0.1, 0.15) is 18.0 Å². The van der Waals surface area contributed by atoms with Gasteiger partial charge in [0.25, 0.3) is 0 Å². The van der Waals surface area contributed by atoms with Gasteiger partial charge in [0.05, 0.1) is 12.1 Å². The molecule has 1 aromatic heterocycles. The lowest BCUT2D eigenvalue weighted by molar-refractivity contribution is 0.144. The molecule has 0 radical (unpaired) electrons. The second kappa shape index (κ2) is 5.97. The third-order valence-electron chi connectivity index (χ3n) is 3.52. The summed E-state index contributed by atoms with van der Waals surface area (Å²) in [6, 6.07) is 0.0618. The lowest BCUT2D eigenvalue weighted by Crippen LogP contribution is -2.33. The zero-order chi connectivity index (χ0) is 13.0.